The molecule has 0 amide bonds. The van der Waals surface area contributed by atoms with Gasteiger partial charge in [-0.3, -0.25) is 0 Å². The van der Waals surface area contributed by atoms with Gasteiger partial charge < -0.3 is 10.1 Å². The summed E-state index contributed by atoms with van der Waals surface area (Å²) in [7, 11) is 0. The minimum Gasteiger partial charge on any atom is -0.475 e. The first-order valence-electron chi connectivity index (χ1n) is 7.80. The van der Waals surface area contributed by atoms with Gasteiger partial charge in [-0.25, -0.2) is 4.98 Å². The molecule has 1 aromatic rings. The molecule has 1 aliphatic carbocycles. The van der Waals surface area contributed by atoms with E-state index >= 15 is 0 Å². The summed E-state index contributed by atoms with van der Waals surface area (Å²) in [5, 5.41) is 3.56. The Morgan fingerprint density at radius 1 is 1.35 bits per heavy atom. The van der Waals surface area contributed by atoms with Gasteiger partial charge in [-0.1, -0.05) is 27.7 Å². The number of ether oxygens (including phenoxy) is 1. The van der Waals surface area contributed by atoms with Crippen LogP contribution in [0, 0.1) is 0 Å². The van der Waals surface area contributed by atoms with Crippen LogP contribution in [0.5, 0.6) is 5.88 Å². The van der Waals surface area contributed by atoms with Crippen LogP contribution in [0.2, 0.25) is 0 Å². The molecule has 0 aromatic carbocycles. The van der Waals surface area contributed by atoms with Gasteiger partial charge in [0.25, 0.3) is 0 Å². The van der Waals surface area contributed by atoms with Gasteiger partial charge in [0.05, 0.1) is 11.8 Å². The van der Waals surface area contributed by atoms with Gasteiger partial charge in [-0.05, 0) is 37.8 Å². The Morgan fingerprint density at radius 2 is 2.05 bits per heavy atom. The van der Waals surface area contributed by atoms with Crippen LogP contribution in [0.25, 0.3) is 0 Å². The minimum atomic E-state index is 0.0448. The molecule has 0 bridgehead atoms. The molecule has 0 radical (unpaired) electrons. The third-order valence-electron chi connectivity index (χ3n) is 3.70. The highest BCUT2D eigenvalue weighted by molar-refractivity contribution is 5.29. The van der Waals surface area contributed by atoms with Crippen molar-refractivity contribution in [3.8, 4) is 5.88 Å². The molecule has 1 unspecified atom stereocenters. The maximum absolute atomic E-state index is 5.92. The van der Waals surface area contributed by atoms with E-state index in [1.807, 2.05) is 0 Å². The van der Waals surface area contributed by atoms with Crippen molar-refractivity contribution in [1.82, 2.24) is 10.3 Å². The van der Waals surface area contributed by atoms with Crippen LogP contribution in [-0.2, 0) is 12.0 Å². The van der Waals surface area contributed by atoms with Crippen LogP contribution >= 0.6 is 0 Å². The molecule has 1 atom stereocenters. The average molecular weight is 276 g/mol. The molecule has 3 nitrogen and oxygen atoms in total. The molecule has 1 aliphatic rings. The van der Waals surface area contributed by atoms with E-state index in [1.165, 1.54) is 18.4 Å². The fourth-order valence-corrected chi connectivity index (χ4v) is 1.94. The lowest BCUT2D eigenvalue weighted by molar-refractivity contribution is 0.207. The second-order valence-electron chi connectivity index (χ2n) is 6.94. The van der Waals surface area contributed by atoms with Crippen molar-refractivity contribution in [3.63, 3.8) is 0 Å². The molecule has 0 saturated heterocycles. The molecule has 20 heavy (non-hydrogen) atoms. The predicted molar refractivity (Wildman–Crippen MR) is 83.2 cm³/mol. The predicted octanol–water partition coefficient (Wildman–Crippen LogP) is 3.81. The van der Waals surface area contributed by atoms with E-state index in [1.54, 1.807) is 0 Å². The van der Waals surface area contributed by atoms with Crippen molar-refractivity contribution in [2.24, 2.45) is 0 Å². The maximum Gasteiger partial charge on any atom is 0.214 e. The van der Waals surface area contributed by atoms with Gasteiger partial charge in [0.15, 0.2) is 0 Å². The first-order valence-corrected chi connectivity index (χ1v) is 7.80. The Kier molecular flexibility index (Phi) is 4.69. The van der Waals surface area contributed by atoms with Crippen molar-refractivity contribution in [1.29, 1.82) is 0 Å². The standard InChI is InChI=1S/C17H28N2O/c1-6-12(2)20-16-10-13(11-18-14-7-8-14)9-15(19-16)17(3,4)5/h9-10,12,14,18H,6-8,11H2,1-5H3. The van der Waals surface area contributed by atoms with E-state index in [9.17, 15) is 0 Å². The number of hydrogen-bond acceptors (Lipinski definition) is 3. The summed E-state index contributed by atoms with van der Waals surface area (Å²) in [5.74, 6) is 0.763. The highest BCUT2D eigenvalue weighted by Gasteiger charge is 2.22. The van der Waals surface area contributed by atoms with Gasteiger partial charge in [-0.2, -0.15) is 0 Å². The second-order valence-corrected chi connectivity index (χ2v) is 6.94. The monoisotopic (exact) mass is 276 g/mol. The molecule has 1 aromatic heterocycles. The van der Waals surface area contributed by atoms with E-state index in [4.69, 9.17) is 4.74 Å². The number of hydrogen-bond donors (Lipinski definition) is 1. The van der Waals surface area contributed by atoms with Crippen LogP contribution in [0.4, 0.5) is 0 Å². The topological polar surface area (TPSA) is 34.1 Å². The number of aromatic nitrogens is 1. The highest BCUT2D eigenvalue weighted by Crippen LogP contribution is 2.26. The maximum atomic E-state index is 5.92. The molecule has 1 fully saturated rings. The fourth-order valence-electron chi connectivity index (χ4n) is 1.94. The first kappa shape index (κ1) is 15.3. The normalized spacial score (nSPS) is 17.1. The molecular formula is C17H28N2O. The number of nitrogens with zero attached hydrogens (tertiary/aromatic N) is 1. The van der Waals surface area contributed by atoms with Crippen LogP contribution in [0.1, 0.15) is 65.1 Å². The largest absolute Gasteiger partial charge is 0.475 e. The smallest absolute Gasteiger partial charge is 0.214 e. The SMILES string of the molecule is CCC(C)Oc1cc(CNC2CC2)cc(C(C)(C)C)n1. The zero-order chi connectivity index (χ0) is 14.8. The summed E-state index contributed by atoms with van der Waals surface area (Å²) in [4.78, 5) is 4.69. The van der Waals surface area contributed by atoms with E-state index in [2.05, 4.69) is 57.1 Å². The van der Waals surface area contributed by atoms with Gasteiger partial charge in [0, 0.05) is 24.1 Å². The van der Waals surface area contributed by atoms with Crippen LogP contribution < -0.4 is 10.1 Å². The third-order valence-corrected chi connectivity index (χ3v) is 3.70. The molecule has 1 saturated carbocycles. The molecule has 112 valence electrons. The summed E-state index contributed by atoms with van der Waals surface area (Å²) >= 11 is 0. The quantitative estimate of drug-likeness (QED) is 0.858. The van der Waals surface area contributed by atoms with Crippen LogP contribution in [-0.4, -0.2) is 17.1 Å². The summed E-state index contributed by atoms with van der Waals surface area (Å²) in [6, 6.07) is 5.01. The van der Waals surface area contributed by atoms with E-state index < -0.39 is 0 Å². The molecule has 1 N–H and O–H groups in total. The number of nitrogens with one attached hydrogen (secondary N) is 1. The lowest BCUT2D eigenvalue weighted by Gasteiger charge is -2.21. The highest BCUT2D eigenvalue weighted by atomic mass is 16.5. The Balaban J connectivity index is 2.18. The van der Waals surface area contributed by atoms with Gasteiger partial charge >= 0.3 is 0 Å². The molecule has 1 heterocycles. The lowest BCUT2D eigenvalue weighted by Crippen LogP contribution is -2.20. The number of rotatable bonds is 6. The van der Waals surface area contributed by atoms with Crippen molar-refractivity contribution in [3.05, 3.63) is 23.4 Å². The molecular weight excluding hydrogens is 248 g/mol. The number of pyridine rings is 1. The van der Waals surface area contributed by atoms with Gasteiger partial charge in [0.1, 0.15) is 0 Å². The van der Waals surface area contributed by atoms with Crippen molar-refractivity contribution < 1.29 is 4.74 Å². The van der Waals surface area contributed by atoms with Crippen LogP contribution in [0.3, 0.4) is 0 Å². The summed E-state index contributed by atoms with van der Waals surface area (Å²) in [6.45, 7) is 11.7. The third kappa shape index (κ3) is 4.48. The molecule has 0 aliphatic heterocycles. The van der Waals surface area contributed by atoms with Crippen molar-refractivity contribution in [2.45, 2.75) is 78.0 Å². The molecule has 0 spiro atoms. The molecule has 3 heteroatoms. The Bertz CT molecular complexity index is 447. The van der Waals surface area contributed by atoms with E-state index in [0.29, 0.717) is 0 Å². The van der Waals surface area contributed by atoms with Gasteiger partial charge in [0.2, 0.25) is 5.88 Å². The first-order chi connectivity index (χ1) is 9.38. The average Bonchev–Trinajstić information content (AvgIpc) is 3.19. The van der Waals surface area contributed by atoms with Gasteiger partial charge in [-0.15, -0.1) is 0 Å². The Labute approximate surface area is 123 Å². The Morgan fingerprint density at radius 3 is 2.60 bits per heavy atom. The zero-order valence-corrected chi connectivity index (χ0v) is 13.5. The van der Waals surface area contributed by atoms with Crippen LogP contribution in [0.15, 0.2) is 12.1 Å². The second kappa shape index (κ2) is 6.13. The van der Waals surface area contributed by atoms with E-state index in [0.717, 1.165) is 30.6 Å². The van der Waals surface area contributed by atoms with Crippen molar-refractivity contribution >= 4 is 0 Å². The summed E-state index contributed by atoms with van der Waals surface area (Å²) < 4.78 is 5.92. The summed E-state index contributed by atoms with van der Waals surface area (Å²) in [5.41, 5.74) is 2.42. The molecule has 2 rings (SSSR count). The zero-order valence-electron chi connectivity index (χ0n) is 13.5. The summed E-state index contributed by atoms with van der Waals surface area (Å²) in [6.07, 6.45) is 3.83. The van der Waals surface area contributed by atoms with E-state index in [-0.39, 0.29) is 11.5 Å². The minimum absolute atomic E-state index is 0.0448. The Hall–Kier alpha value is -1.09. The fraction of sp³-hybridized carbons (Fsp3) is 0.706. The van der Waals surface area contributed by atoms with Crippen molar-refractivity contribution in [2.75, 3.05) is 0 Å². The lowest BCUT2D eigenvalue weighted by atomic mass is 9.91.